The first kappa shape index (κ1) is 16.1. The zero-order valence-corrected chi connectivity index (χ0v) is 13.6. The maximum atomic E-state index is 5.53. The molecule has 1 aliphatic heterocycles. The van der Waals surface area contributed by atoms with E-state index in [0.717, 1.165) is 44.2 Å². The Labute approximate surface area is 127 Å². The quantitative estimate of drug-likeness (QED) is 0.853. The molecule has 0 radical (unpaired) electrons. The van der Waals surface area contributed by atoms with Crippen molar-refractivity contribution in [3.8, 4) is 11.5 Å². The molecule has 1 heterocycles. The molecule has 0 bridgehead atoms. The van der Waals surface area contributed by atoms with E-state index in [4.69, 9.17) is 9.47 Å². The molecular weight excluding hydrogens is 266 g/mol. The van der Waals surface area contributed by atoms with Crippen molar-refractivity contribution < 1.29 is 9.47 Å². The van der Waals surface area contributed by atoms with Crippen LogP contribution in [0.4, 0.5) is 0 Å². The van der Waals surface area contributed by atoms with Crippen molar-refractivity contribution in [2.75, 3.05) is 61.0 Å². The number of nitrogens with one attached hydrogen (secondary N) is 1. The molecule has 0 aromatic heterocycles. The largest absolute Gasteiger partial charge is 0.497 e. The van der Waals surface area contributed by atoms with Crippen LogP contribution in [0.25, 0.3) is 0 Å². The Balaban J connectivity index is 2.09. The summed E-state index contributed by atoms with van der Waals surface area (Å²) in [5.74, 6) is 1.70. The Morgan fingerprint density at radius 3 is 2.43 bits per heavy atom. The first-order chi connectivity index (χ1) is 10.2. The molecule has 1 unspecified atom stereocenters. The summed E-state index contributed by atoms with van der Waals surface area (Å²) >= 11 is 0. The molecule has 0 saturated carbocycles. The summed E-state index contributed by atoms with van der Waals surface area (Å²) in [6.45, 7) is 5.50. The minimum Gasteiger partial charge on any atom is -0.497 e. The molecule has 1 saturated heterocycles. The average Bonchev–Trinajstić information content (AvgIpc) is 2.53. The summed E-state index contributed by atoms with van der Waals surface area (Å²) in [4.78, 5) is 4.88. The molecule has 5 heteroatoms. The van der Waals surface area contributed by atoms with Gasteiger partial charge in [0.05, 0.1) is 14.2 Å². The van der Waals surface area contributed by atoms with Crippen molar-refractivity contribution in [2.45, 2.75) is 6.04 Å². The highest BCUT2D eigenvalue weighted by atomic mass is 16.5. The number of hydrogen-bond donors (Lipinski definition) is 1. The SMILES string of the molecule is CNC(CN1CCN(C)CC1)c1ccc(OC)cc1OC. The molecule has 1 aromatic carbocycles. The number of benzene rings is 1. The van der Waals surface area contributed by atoms with E-state index in [2.05, 4.69) is 28.2 Å². The predicted octanol–water partition coefficient (Wildman–Crippen LogP) is 1.21. The third-order valence-electron chi connectivity index (χ3n) is 4.20. The van der Waals surface area contributed by atoms with Gasteiger partial charge in [-0.05, 0) is 20.2 Å². The monoisotopic (exact) mass is 293 g/mol. The highest BCUT2D eigenvalue weighted by molar-refractivity contribution is 5.42. The van der Waals surface area contributed by atoms with Gasteiger partial charge in [0.2, 0.25) is 0 Å². The van der Waals surface area contributed by atoms with Gasteiger partial charge < -0.3 is 19.7 Å². The minimum atomic E-state index is 0.259. The average molecular weight is 293 g/mol. The fraction of sp³-hybridized carbons (Fsp3) is 0.625. The van der Waals surface area contributed by atoms with Crippen LogP contribution in [0.15, 0.2) is 18.2 Å². The number of hydrogen-bond acceptors (Lipinski definition) is 5. The number of piperazine rings is 1. The number of nitrogens with zero attached hydrogens (tertiary/aromatic N) is 2. The maximum Gasteiger partial charge on any atom is 0.127 e. The fourth-order valence-electron chi connectivity index (χ4n) is 2.74. The van der Waals surface area contributed by atoms with E-state index in [-0.39, 0.29) is 6.04 Å². The molecule has 1 atom stereocenters. The molecule has 1 N–H and O–H groups in total. The lowest BCUT2D eigenvalue weighted by molar-refractivity contribution is 0.143. The lowest BCUT2D eigenvalue weighted by atomic mass is 10.0. The standard InChI is InChI=1S/C16H27N3O2/c1-17-15(12-19-9-7-18(2)8-10-19)14-6-5-13(20-3)11-16(14)21-4/h5-6,11,15,17H,7-10,12H2,1-4H3. The van der Waals surface area contributed by atoms with Crippen molar-refractivity contribution in [2.24, 2.45) is 0 Å². The smallest absolute Gasteiger partial charge is 0.127 e. The van der Waals surface area contributed by atoms with Gasteiger partial charge in [-0.15, -0.1) is 0 Å². The fourth-order valence-corrected chi connectivity index (χ4v) is 2.74. The Morgan fingerprint density at radius 2 is 1.86 bits per heavy atom. The van der Waals surface area contributed by atoms with Crippen LogP contribution in [0.1, 0.15) is 11.6 Å². The van der Waals surface area contributed by atoms with E-state index in [0.29, 0.717) is 0 Å². The summed E-state index contributed by atoms with van der Waals surface area (Å²) < 4.78 is 10.8. The van der Waals surface area contributed by atoms with Crippen molar-refractivity contribution in [1.29, 1.82) is 0 Å². The highest BCUT2D eigenvalue weighted by Crippen LogP contribution is 2.30. The highest BCUT2D eigenvalue weighted by Gasteiger charge is 2.21. The second-order valence-corrected chi connectivity index (χ2v) is 5.55. The van der Waals surface area contributed by atoms with Crippen molar-refractivity contribution >= 4 is 0 Å². The Bertz CT molecular complexity index is 445. The van der Waals surface area contributed by atoms with Crippen molar-refractivity contribution in [3.05, 3.63) is 23.8 Å². The van der Waals surface area contributed by atoms with Crippen LogP contribution >= 0.6 is 0 Å². The lowest BCUT2D eigenvalue weighted by Crippen LogP contribution is -2.47. The summed E-state index contributed by atoms with van der Waals surface area (Å²) in [6.07, 6.45) is 0. The minimum absolute atomic E-state index is 0.259. The number of rotatable bonds is 6. The van der Waals surface area contributed by atoms with E-state index >= 15 is 0 Å². The zero-order chi connectivity index (χ0) is 15.2. The van der Waals surface area contributed by atoms with Crippen molar-refractivity contribution in [3.63, 3.8) is 0 Å². The topological polar surface area (TPSA) is 37.0 Å². The van der Waals surface area contributed by atoms with Crippen LogP contribution in [-0.2, 0) is 0 Å². The maximum absolute atomic E-state index is 5.53. The number of ether oxygens (including phenoxy) is 2. The lowest BCUT2D eigenvalue weighted by Gasteiger charge is -2.35. The molecule has 21 heavy (non-hydrogen) atoms. The Kier molecular flexibility index (Phi) is 5.85. The van der Waals surface area contributed by atoms with Gasteiger partial charge in [-0.2, -0.15) is 0 Å². The van der Waals surface area contributed by atoms with Crippen molar-refractivity contribution in [1.82, 2.24) is 15.1 Å². The van der Waals surface area contributed by atoms with Crippen LogP contribution in [0.2, 0.25) is 0 Å². The Morgan fingerprint density at radius 1 is 1.14 bits per heavy atom. The molecule has 118 valence electrons. The summed E-state index contributed by atoms with van der Waals surface area (Å²) in [7, 11) is 7.57. The van der Waals surface area contributed by atoms with Gasteiger partial charge in [0.1, 0.15) is 11.5 Å². The third kappa shape index (κ3) is 4.09. The molecule has 1 aliphatic rings. The third-order valence-corrected chi connectivity index (χ3v) is 4.20. The van der Waals surface area contributed by atoms with Crippen LogP contribution in [0.5, 0.6) is 11.5 Å². The zero-order valence-electron chi connectivity index (χ0n) is 13.6. The molecule has 1 fully saturated rings. The predicted molar refractivity (Wildman–Crippen MR) is 85.3 cm³/mol. The summed E-state index contributed by atoms with van der Waals surface area (Å²) in [5, 5.41) is 3.41. The second-order valence-electron chi connectivity index (χ2n) is 5.55. The van der Waals surface area contributed by atoms with Gasteiger partial charge in [-0.1, -0.05) is 6.07 Å². The molecule has 0 amide bonds. The van der Waals surface area contributed by atoms with Crippen LogP contribution < -0.4 is 14.8 Å². The van der Waals surface area contributed by atoms with Gasteiger partial charge in [0.25, 0.3) is 0 Å². The number of likely N-dealkylation sites (N-methyl/N-ethyl adjacent to an activating group) is 2. The van der Waals surface area contributed by atoms with Crippen LogP contribution in [-0.4, -0.2) is 70.8 Å². The van der Waals surface area contributed by atoms with Gasteiger partial charge in [-0.25, -0.2) is 0 Å². The first-order valence-corrected chi connectivity index (χ1v) is 7.48. The molecule has 1 aromatic rings. The van der Waals surface area contributed by atoms with E-state index in [1.54, 1.807) is 14.2 Å². The van der Waals surface area contributed by atoms with E-state index < -0.39 is 0 Å². The molecular formula is C16H27N3O2. The van der Waals surface area contributed by atoms with E-state index in [9.17, 15) is 0 Å². The van der Waals surface area contributed by atoms with Gasteiger partial charge in [-0.3, -0.25) is 4.90 Å². The molecule has 5 nitrogen and oxygen atoms in total. The van der Waals surface area contributed by atoms with Crippen LogP contribution in [0.3, 0.4) is 0 Å². The molecule has 0 aliphatic carbocycles. The van der Waals surface area contributed by atoms with E-state index in [1.165, 1.54) is 5.56 Å². The summed E-state index contributed by atoms with van der Waals surface area (Å²) in [6, 6.07) is 6.29. The van der Waals surface area contributed by atoms with Gasteiger partial charge in [0, 0.05) is 50.4 Å². The van der Waals surface area contributed by atoms with Crippen LogP contribution in [0, 0.1) is 0 Å². The normalized spacial score (nSPS) is 18.5. The number of methoxy groups -OCH3 is 2. The van der Waals surface area contributed by atoms with E-state index in [1.807, 2.05) is 19.2 Å². The van der Waals surface area contributed by atoms with Gasteiger partial charge in [0.15, 0.2) is 0 Å². The summed E-state index contributed by atoms with van der Waals surface area (Å²) in [5.41, 5.74) is 1.18. The Hall–Kier alpha value is -1.30. The molecule has 0 spiro atoms. The van der Waals surface area contributed by atoms with Gasteiger partial charge >= 0.3 is 0 Å². The molecule has 2 rings (SSSR count). The second kappa shape index (κ2) is 7.64. The first-order valence-electron chi connectivity index (χ1n) is 7.48.